The summed E-state index contributed by atoms with van der Waals surface area (Å²) in [6.07, 6.45) is 0. The van der Waals surface area contributed by atoms with Gasteiger partial charge in [-0.1, -0.05) is 231 Å². The lowest BCUT2D eigenvalue weighted by atomic mass is 9.78. The van der Waals surface area contributed by atoms with E-state index in [2.05, 4.69) is 273 Å². The third-order valence-electron chi connectivity index (χ3n) is 14.6. The largest absolute Gasteiger partial charge is 0.310 e. The smallest absolute Gasteiger partial charge is 0.0540 e. The summed E-state index contributed by atoms with van der Waals surface area (Å²) in [4.78, 5) is 2.45. The van der Waals surface area contributed by atoms with Crippen LogP contribution in [0.25, 0.3) is 77.2 Å². The molecule has 10 aromatic carbocycles. The highest BCUT2D eigenvalue weighted by Crippen LogP contribution is 2.50. The van der Waals surface area contributed by atoms with Gasteiger partial charge < -0.3 is 4.90 Å². The van der Waals surface area contributed by atoms with Crippen LogP contribution in [0, 0.1) is 0 Å². The summed E-state index contributed by atoms with van der Waals surface area (Å²) in [5, 5.41) is 4.99. The van der Waals surface area contributed by atoms with Crippen molar-refractivity contribution in [2.24, 2.45) is 0 Å². The molecule has 0 spiro atoms. The number of fused-ring (bicyclic) bond motifs is 5. The molecule has 0 unspecified atom stereocenters. The Kier molecular flexibility index (Phi) is 10.4. The van der Waals surface area contributed by atoms with E-state index < -0.39 is 0 Å². The van der Waals surface area contributed by atoms with Gasteiger partial charge in [-0.2, -0.15) is 0 Å². The molecule has 0 N–H and O–H groups in total. The van der Waals surface area contributed by atoms with Gasteiger partial charge in [0.05, 0.1) is 5.69 Å². The molecule has 0 aliphatic heterocycles. The monoisotopic (exact) mass is 877 g/mol. The van der Waals surface area contributed by atoms with Crippen LogP contribution in [-0.4, -0.2) is 0 Å². The first-order valence-corrected chi connectivity index (χ1v) is 24.2. The Morgan fingerprint density at radius 3 is 1.51 bits per heavy atom. The van der Waals surface area contributed by atoms with E-state index in [4.69, 9.17) is 0 Å². The van der Waals surface area contributed by atoms with Crippen LogP contribution in [0.2, 0.25) is 0 Å². The molecule has 0 fully saturated rings. The van der Waals surface area contributed by atoms with Crippen molar-refractivity contribution in [3.8, 4) is 55.6 Å². The molecule has 1 nitrogen and oxygen atoms in total. The van der Waals surface area contributed by atoms with Gasteiger partial charge in [0, 0.05) is 22.4 Å². The summed E-state index contributed by atoms with van der Waals surface area (Å²) in [6, 6.07) is 79.5. The van der Waals surface area contributed by atoms with E-state index in [0.29, 0.717) is 0 Å². The van der Waals surface area contributed by atoms with Crippen molar-refractivity contribution in [1.29, 1.82) is 0 Å². The van der Waals surface area contributed by atoms with Gasteiger partial charge >= 0.3 is 0 Å². The molecule has 332 valence electrons. The topological polar surface area (TPSA) is 3.24 Å². The van der Waals surface area contributed by atoms with Gasteiger partial charge in [0.2, 0.25) is 0 Å². The van der Waals surface area contributed by atoms with Gasteiger partial charge in [0.15, 0.2) is 0 Å². The van der Waals surface area contributed by atoms with E-state index in [1.165, 1.54) is 99.4 Å². The molecule has 11 rings (SSSR count). The number of hydrogen-bond acceptors (Lipinski definition) is 1. The highest BCUT2D eigenvalue weighted by atomic mass is 15.1. The van der Waals surface area contributed by atoms with Crippen molar-refractivity contribution < 1.29 is 0 Å². The minimum absolute atomic E-state index is 0.00177. The van der Waals surface area contributed by atoms with E-state index in [1.54, 1.807) is 0 Å². The Bertz CT molecular complexity index is 3490. The molecule has 1 aliphatic carbocycles. The van der Waals surface area contributed by atoms with E-state index in [-0.39, 0.29) is 16.2 Å². The Balaban J connectivity index is 1.07. The van der Waals surface area contributed by atoms with Gasteiger partial charge in [-0.3, -0.25) is 0 Å². The summed E-state index contributed by atoms with van der Waals surface area (Å²) in [6.45, 7) is 18.7. The van der Waals surface area contributed by atoms with Crippen LogP contribution in [0.5, 0.6) is 0 Å². The van der Waals surface area contributed by atoms with Crippen LogP contribution < -0.4 is 4.90 Å². The second kappa shape index (κ2) is 16.4. The fraction of sp³-hybridized carbons (Fsp3) is 0.164. The third-order valence-corrected chi connectivity index (χ3v) is 14.6. The number of anilines is 3. The van der Waals surface area contributed by atoms with E-state index in [9.17, 15) is 0 Å². The van der Waals surface area contributed by atoms with Crippen molar-refractivity contribution in [2.45, 2.75) is 71.6 Å². The second-order valence-electron chi connectivity index (χ2n) is 21.4. The fourth-order valence-electron chi connectivity index (χ4n) is 10.7. The molecule has 1 heteroatoms. The normalized spacial score (nSPS) is 13.1. The minimum Gasteiger partial charge on any atom is -0.310 e. The highest BCUT2D eigenvalue weighted by Gasteiger charge is 2.35. The summed E-state index contributed by atoms with van der Waals surface area (Å²) in [5.74, 6) is 0. The first-order chi connectivity index (χ1) is 32.7. The van der Waals surface area contributed by atoms with Gasteiger partial charge in [-0.25, -0.2) is 0 Å². The Labute approximate surface area is 403 Å². The first kappa shape index (κ1) is 43.1. The molecule has 68 heavy (non-hydrogen) atoms. The fourth-order valence-corrected chi connectivity index (χ4v) is 10.7. The van der Waals surface area contributed by atoms with Gasteiger partial charge in [-0.05, 0) is 141 Å². The lowest BCUT2D eigenvalue weighted by Gasteiger charge is -2.29. The molecule has 0 saturated heterocycles. The van der Waals surface area contributed by atoms with E-state index in [0.717, 1.165) is 17.1 Å². The highest BCUT2D eigenvalue weighted by molar-refractivity contribution is 6.09. The van der Waals surface area contributed by atoms with Crippen LogP contribution in [0.15, 0.2) is 212 Å². The van der Waals surface area contributed by atoms with E-state index in [1.807, 2.05) is 0 Å². The van der Waals surface area contributed by atoms with E-state index >= 15 is 0 Å². The number of hydrogen-bond donors (Lipinski definition) is 0. The molecular formula is C67H59N. The lowest BCUT2D eigenvalue weighted by molar-refractivity contribution is 0.569. The van der Waals surface area contributed by atoms with Gasteiger partial charge in [-0.15, -0.1) is 0 Å². The maximum atomic E-state index is 2.45. The lowest BCUT2D eigenvalue weighted by Crippen LogP contribution is -2.16. The van der Waals surface area contributed by atoms with Crippen LogP contribution >= 0.6 is 0 Å². The van der Waals surface area contributed by atoms with Gasteiger partial charge in [0.1, 0.15) is 0 Å². The molecule has 0 amide bonds. The molecule has 0 aromatic heterocycles. The average molecular weight is 878 g/mol. The maximum absolute atomic E-state index is 2.45. The molecule has 10 aromatic rings. The van der Waals surface area contributed by atoms with Crippen LogP contribution in [0.4, 0.5) is 17.1 Å². The zero-order chi connectivity index (χ0) is 47.0. The summed E-state index contributed by atoms with van der Waals surface area (Å²) in [5.41, 5.74) is 21.2. The number of rotatable bonds is 7. The standard InChI is InChI=1S/C67H59N/c1-65(2,3)50-40-49(41-51(43-50)66(4,5)6)56-26-16-20-47-21-17-27-60(64(47)56)59-24-12-14-29-63(59)68(53-37-32-46(33-38-53)55-25-15-19-45-18-9-10-22-54(45)55)52-35-30-44(31-36-52)48-34-39-58-57-23-11-13-28-61(57)67(7,8)62(58)42-48/h9-43H,1-8H3. The summed E-state index contributed by atoms with van der Waals surface area (Å²) in [7, 11) is 0. The SMILES string of the molecule is CC(C)(C)c1cc(-c2cccc3cccc(-c4ccccc4N(c4ccc(-c5ccc6c(c5)C(C)(C)c5ccccc5-6)cc4)c4ccc(-c5cccc6ccccc56)cc4)c23)cc(C(C)(C)C)c1. The number of para-hydroxylation sites is 1. The minimum atomic E-state index is -0.0632. The molecule has 0 saturated carbocycles. The van der Waals surface area contributed by atoms with Crippen molar-refractivity contribution >= 4 is 38.6 Å². The number of nitrogens with zero attached hydrogens (tertiary/aromatic N) is 1. The predicted octanol–water partition coefficient (Wildman–Crippen LogP) is 19.0. The van der Waals surface area contributed by atoms with Gasteiger partial charge in [0.25, 0.3) is 0 Å². The predicted molar refractivity (Wildman–Crippen MR) is 293 cm³/mol. The average Bonchev–Trinajstić information content (AvgIpc) is 3.58. The molecule has 0 heterocycles. The Hall–Kier alpha value is -7.48. The molecular weight excluding hydrogens is 819 g/mol. The van der Waals surface area contributed by atoms with Crippen molar-refractivity contribution in [2.75, 3.05) is 4.90 Å². The summed E-state index contributed by atoms with van der Waals surface area (Å²) < 4.78 is 0. The zero-order valence-electron chi connectivity index (χ0n) is 40.7. The molecule has 0 bridgehead atoms. The molecule has 1 aliphatic rings. The van der Waals surface area contributed by atoms with Crippen molar-refractivity contribution in [3.05, 3.63) is 235 Å². The van der Waals surface area contributed by atoms with Crippen LogP contribution in [0.1, 0.15) is 77.6 Å². The van der Waals surface area contributed by atoms with Crippen LogP contribution in [0.3, 0.4) is 0 Å². The maximum Gasteiger partial charge on any atom is 0.0540 e. The second-order valence-corrected chi connectivity index (χ2v) is 21.4. The Morgan fingerprint density at radius 1 is 0.338 bits per heavy atom. The van der Waals surface area contributed by atoms with Crippen molar-refractivity contribution in [1.82, 2.24) is 0 Å². The zero-order valence-corrected chi connectivity index (χ0v) is 40.7. The molecule has 0 radical (unpaired) electrons. The van der Waals surface area contributed by atoms with Crippen molar-refractivity contribution in [3.63, 3.8) is 0 Å². The summed E-state index contributed by atoms with van der Waals surface area (Å²) >= 11 is 0. The molecule has 0 atom stereocenters. The first-order valence-electron chi connectivity index (χ1n) is 24.2. The Morgan fingerprint density at radius 2 is 0.838 bits per heavy atom. The third kappa shape index (κ3) is 7.51. The van der Waals surface area contributed by atoms with Crippen LogP contribution in [-0.2, 0) is 16.2 Å². The number of benzene rings is 10. The quantitative estimate of drug-likeness (QED) is 0.154.